The summed E-state index contributed by atoms with van der Waals surface area (Å²) < 4.78 is 5.72. The Hall–Kier alpha value is -1.95. The summed E-state index contributed by atoms with van der Waals surface area (Å²) in [5.74, 6) is 0.703. The number of benzene rings is 1. The number of aryl methyl sites for hydroxylation is 1. The highest BCUT2D eigenvalue weighted by Crippen LogP contribution is 2.28. The van der Waals surface area contributed by atoms with Crippen molar-refractivity contribution in [3.05, 3.63) is 35.6 Å². The standard InChI is InChI=1S/C16H17NO4S/c1-10-12-4-2-3-5-13(12)21-15(10)16(20)17-6-7-22-9-11(17)8-14(18)19/h2-5,11H,6-9H2,1H3,(H,18,19). The van der Waals surface area contributed by atoms with Gasteiger partial charge in [0.15, 0.2) is 5.76 Å². The minimum Gasteiger partial charge on any atom is -0.481 e. The molecule has 1 amide bonds. The van der Waals surface area contributed by atoms with Gasteiger partial charge in [-0.2, -0.15) is 11.8 Å². The first-order valence-electron chi connectivity index (χ1n) is 7.16. The fourth-order valence-corrected chi connectivity index (χ4v) is 3.86. The van der Waals surface area contributed by atoms with Crippen LogP contribution < -0.4 is 0 Å². The van der Waals surface area contributed by atoms with Crippen LogP contribution in [0.1, 0.15) is 22.5 Å². The lowest BCUT2D eigenvalue weighted by Crippen LogP contribution is -2.47. The van der Waals surface area contributed by atoms with Crippen LogP contribution in [0.4, 0.5) is 0 Å². The molecule has 3 rings (SSSR count). The van der Waals surface area contributed by atoms with Gasteiger partial charge in [0.2, 0.25) is 0 Å². The Kier molecular flexibility index (Phi) is 4.11. The Morgan fingerprint density at radius 2 is 2.18 bits per heavy atom. The van der Waals surface area contributed by atoms with Crippen LogP contribution in [0.15, 0.2) is 28.7 Å². The Balaban J connectivity index is 1.93. The Morgan fingerprint density at radius 3 is 2.91 bits per heavy atom. The molecule has 1 aliphatic heterocycles. The molecule has 0 saturated carbocycles. The van der Waals surface area contributed by atoms with Crippen LogP contribution in [0.5, 0.6) is 0 Å². The first kappa shape index (κ1) is 15.0. The van der Waals surface area contributed by atoms with Gasteiger partial charge in [-0.25, -0.2) is 0 Å². The van der Waals surface area contributed by atoms with Gasteiger partial charge in [0.25, 0.3) is 5.91 Å². The number of nitrogens with zero attached hydrogens (tertiary/aromatic N) is 1. The fourth-order valence-electron chi connectivity index (χ4n) is 2.80. The van der Waals surface area contributed by atoms with Gasteiger partial charge < -0.3 is 14.4 Å². The van der Waals surface area contributed by atoms with Crippen molar-refractivity contribution in [2.45, 2.75) is 19.4 Å². The van der Waals surface area contributed by atoms with Gasteiger partial charge in [0, 0.05) is 29.0 Å². The summed E-state index contributed by atoms with van der Waals surface area (Å²) in [6.45, 7) is 2.42. The normalized spacial score (nSPS) is 18.6. The molecule has 1 N–H and O–H groups in total. The van der Waals surface area contributed by atoms with Crippen LogP contribution in [0.2, 0.25) is 0 Å². The van der Waals surface area contributed by atoms with E-state index in [0.29, 0.717) is 23.6 Å². The van der Waals surface area contributed by atoms with E-state index in [2.05, 4.69) is 0 Å². The summed E-state index contributed by atoms with van der Waals surface area (Å²) in [7, 11) is 0. The molecule has 116 valence electrons. The van der Waals surface area contributed by atoms with Crippen molar-refractivity contribution < 1.29 is 19.1 Å². The number of furan rings is 1. The largest absolute Gasteiger partial charge is 0.481 e. The Bertz CT molecular complexity index is 724. The highest BCUT2D eigenvalue weighted by atomic mass is 32.2. The lowest BCUT2D eigenvalue weighted by atomic mass is 10.1. The summed E-state index contributed by atoms with van der Waals surface area (Å²) in [6.07, 6.45) is -0.0297. The number of carboxylic acids is 1. The summed E-state index contributed by atoms with van der Waals surface area (Å²) in [6, 6.07) is 7.25. The zero-order chi connectivity index (χ0) is 15.7. The molecule has 22 heavy (non-hydrogen) atoms. The molecule has 0 radical (unpaired) electrons. The number of rotatable bonds is 3. The third kappa shape index (κ3) is 2.70. The Morgan fingerprint density at radius 1 is 1.41 bits per heavy atom. The van der Waals surface area contributed by atoms with E-state index in [-0.39, 0.29) is 18.4 Å². The predicted octanol–water partition coefficient (Wildman–Crippen LogP) is 2.77. The second-order valence-corrected chi connectivity index (χ2v) is 6.53. The summed E-state index contributed by atoms with van der Waals surface area (Å²) in [4.78, 5) is 25.5. The van der Waals surface area contributed by atoms with Crippen LogP contribution in [0.3, 0.4) is 0 Å². The minimum atomic E-state index is -0.883. The molecular formula is C16H17NO4S. The third-order valence-electron chi connectivity index (χ3n) is 3.94. The van der Waals surface area contributed by atoms with Gasteiger partial charge in [0.1, 0.15) is 5.58 Å². The summed E-state index contributed by atoms with van der Waals surface area (Å²) in [5, 5.41) is 9.96. The molecule has 2 aromatic rings. The summed E-state index contributed by atoms with van der Waals surface area (Å²) in [5.41, 5.74) is 1.50. The van der Waals surface area contributed by atoms with Crippen molar-refractivity contribution in [2.75, 3.05) is 18.1 Å². The molecule has 1 aromatic heterocycles. The second kappa shape index (κ2) is 6.04. The van der Waals surface area contributed by atoms with Gasteiger partial charge in [-0.05, 0) is 13.0 Å². The number of aliphatic carboxylic acids is 1. The number of hydrogen-bond donors (Lipinski definition) is 1. The lowest BCUT2D eigenvalue weighted by Gasteiger charge is -2.34. The van der Waals surface area contributed by atoms with Crippen molar-refractivity contribution in [1.29, 1.82) is 0 Å². The zero-order valence-corrected chi connectivity index (χ0v) is 13.1. The van der Waals surface area contributed by atoms with Crippen LogP contribution >= 0.6 is 11.8 Å². The van der Waals surface area contributed by atoms with E-state index in [0.717, 1.165) is 16.7 Å². The van der Waals surface area contributed by atoms with E-state index in [9.17, 15) is 9.59 Å². The average molecular weight is 319 g/mol. The number of carboxylic acid groups (broad SMARTS) is 1. The fraction of sp³-hybridized carbons (Fsp3) is 0.375. The first-order chi connectivity index (χ1) is 10.6. The van der Waals surface area contributed by atoms with Crippen molar-refractivity contribution in [1.82, 2.24) is 4.90 Å². The molecule has 5 nitrogen and oxygen atoms in total. The molecule has 1 atom stereocenters. The minimum absolute atomic E-state index is 0.0297. The molecule has 0 bridgehead atoms. The van der Waals surface area contributed by atoms with Crippen LogP contribution in [-0.4, -0.2) is 46.0 Å². The number of fused-ring (bicyclic) bond motifs is 1. The van der Waals surface area contributed by atoms with Crippen molar-refractivity contribution in [3.63, 3.8) is 0 Å². The zero-order valence-electron chi connectivity index (χ0n) is 12.2. The molecule has 1 fully saturated rings. The maximum absolute atomic E-state index is 12.8. The van der Waals surface area contributed by atoms with Crippen molar-refractivity contribution >= 4 is 34.6 Å². The molecule has 1 aromatic carbocycles. The van der Waals surface area contributed by atoms with E-state index >= 15 is 0 Å². The molecule has 2 heterocycles. The second-order valence-electron chi connectivity index (χ2n) is 5.38. The number of carbonyl (C=O) groups is 2. The number of hydrogen-bond acceptors (Lipinski definition) is 4. The van der Waals surface area contributed by atoms with Crippen molar-refractivity contribution in [2.24, 2.45) is 0 Å². The molecule has 1 saturated heterocycles. The highest BCUT2D eigenvalue weighted by molar-refractivity contribution is 7.99. The number of thioether (sulfide) groups is 1. The van der Waals surface area contributed by atoms with Crippen molar-refractivity contribution in [3.8, 4) is 0 Å². The van der Waals surface area contributed by atoms with E-state index in [4.69, 9.17) is 9.52 Å². The average Bonchev–Trinajstić information content (AvgIpc) is 2.84. The topological polar surface area (TPSA) is 70.8 Å². The SMILES string of the molecule is Cc1c(C(=O)N2CCSCC2CC(=O)O)oc2ccccc12. The van der Waals surface area contributed by atoms with E-state index < -0.39 is 5.97 Å². The predicted molar refractivity (Wildman–Crippen MR) is 85.4 cm³/mol. The van der Waals surface area contributed by atoms with Crippen LogP contribution in [0.25, 0.3) is 11.0 Å². The molecular weight excluding hydrogens is 302 g/mol. The molecule has 0 aliphatic carbocycles. The van der Waals surface area contributed by atoms with Crippen LogP contribution in [-0.2, 0) is 4.79 Å². The smallest absolute Gasteiger partial charge is 0.305 e. The highest BCUT2D eigenvalue weighted by Gasteiger charge is 2.32. The molecule has 6 heteroatoms. The van der Waals surface area contributed by atoms with Gasteiger partial charge >= 0.3 is 5.97 Å². The first-order valence-corrected chi connectivity index (χ1v) is 8.32. The third-order valence-corrected chi connectivity index (χ3v) is 5.03. The quantitative estimate of drug-likeness (QED) is 0.942. The molecule has 1 unspecified atom stereocenters. The number of para-hydroxylation sites is 1. The molecule has 0 spiro atoms. The van der Waals surface area contributed by atoms with E-state index in [1.54, 1.807) is 16.7 Å². The lowest BCUT2D eigenvalue weighted by molar-refractivity contribution is -0.138. The van der Waals surface area contributed by atoms with E-state index in [1.165, 1.54) is 0 Å². The molecule has 1 aliphatic rings. The summed E-state index contributed by atoms with van der Waals surface area (Å²) >= 11 is 1.68. The van der Waals surface area contributed by atoms with E-state index in [1.807, 2.05) is 31.2 Å². The van der Waals surface area contributed by atoms with Gasteiger partial charge in [0.05, 0.1) is 12.5 Å². The van der Waals surface area contributed by atoms with Gasteiger partial charge in [-0.15, -0.1) is 0 Å². The maximum Gasteiger partial charge on any atom is 0.305 e. The number of carbonyl (C=O) groups excluding carboxylic acids is 1. The van der Waals surface area contributed by atoms with Gasteiger partial charge in [-0.3, -0.25) is 9.59 Å². The Labute approximate surface area is 132 Å². The van der Waals surface area contributed by atoms with Gasteiger partial charge in [-0.1, -0.05) is 18.2 Å². The maximum atomic E-state index is 12.8. The number of amides is 1. The monoisotopic (exact) mass is 319 g/mol. The van der Waals surface area contributed by atoms with Crippen LogP contribution in [0, 0.1) is 6.92 Å².